The first-order valence-electron chi connectivity index (χ1n) is 6.50. The van der Waals surface area contributed by atoms with Gasteiger partial charge in [0, 0.05) is 24.3 Å². The van der Waals surface area contributed by atoms with Crippen LogP contribution in [0.4, 0.5) is 0 Å². The molecule has 0 aliphatic carbocycles. The van der Waals surface area contributed by atoms with Crippen molar-refractivity contribution >= 4 is 0 Å². The van der Waals surface area contributed by atoms with Crippen LogP contribution in [0.5, 0.6) is 0 Å². The standard InChI is InChI=1S/2C6H4N5O.Mn.4H2O/c2*12-11-4-2-1-3-5(11)6-7-9-10-8-6;;;;;/h2*1-4H;;4*1H2/q2*-1;+2;;;;/p+2. The summed E-state index contributed by atoms with van der Waals surface area (Å²) in [6.07, 6.45) is 2.73. The Bertz CT molecular complexity index is 835. The fourth-order valence-electron chi connectivity index (χ4n) is 1.70. The molecule has 0 unspecified atom stereocenters. The summed E-state index contributed by atoms with van der Waals surface area (Å²) in [6, 6.07) is 9.90. The van der Waals surface area contributed by atoms with Crippen LogP contribution in [-0.4, -0.2) is 41.9 Å². The van der Waals surface area contributed by atoms with Crippen molar-refractivity contribution in [1.29, 1.82) is 0 Å². The van der Waals surface area contributed by atoms with E-state index in [0.29, 0.717) is 20.8 Å². The van der Waals surface area contributed by atoms with Crippen LogP contribution in [0.1, 0.15) is 0 Å². The summed E-state index contributed by atoms with van der Waals surface area (Å²) >= 11 is 0. The third kappa shape index (κ3) is 7.50. The Labute approximate surface area is 172 Å². The Hall–Kier alpha value is -3.60. The fraction of sp³-hybridized carbons (Fsp3) is 0. The van der Waals surface area contributed by atoms with Gasteiger partial charge in [0.25, 0.3) is 0 Å². The van der Waals surface area contributed by atoms with Crippen molar-refractivity contribution in [3.05, 3.63) is 59.2 Å². The van der Waals surface area contributed by atoms with Crippen LogP contribution in [0, 0.1) is 10.4 Å². The van der Waals surface area contributed by atoms with E-state index >= 15 is 0 Å². The largest absolute Gasteiger partial charge is 2.00 e. The second-order valence-electron chi connectivity index (χ2n) is 4.23. The predicted molar refractivity (Wildman–Crippen MR) is 92.1 cm³/mol. The van der Waals surface area contributed by atoms with Gasteiger partial charge >= 0.3 is 17.1 Å². The molecule has 0 atom stereocenters. The zero-order valence-electron chi connectivity index (χ0n) is 14.4. The maximum Gasteiger partial charge on any atom is 2.00 e. The normalized spacial score (nSPS) is 8.28. The number of tetrazole rings is 2. The zero-order chi connectivity index (χ0) is 16.8. The Morgan fingerprint density at radius 1 is 0.793 bits per heavy atom. The van der Waals surface area contributed by atoms with Gasteiger partial charge < -0.3 is 42.5 Å². The maximum atomic E-state index is 11.1. The first kappa shape index (κ1) is 30.1. The molecule has 0 spiro atoms. The molecular formula is C12H18MnN10O6+2. The third-order valence-electron chi connectivity index (χ3n) is 2.74. The molecule has 4 aromatic rings. The number of hydrogen-bond acceptors (Lipinski definition) is 8. The van der Waals surface area contributed by atoms with Crippen molar-refractivity contribution in [2.24, 2.45) is 0 Å². The van der Waals surface area contributed by atoms with E-state index in [1.54, 1.807) is 36.4 Å². The van der Waals surface area contributed by atoms with E-state index < -0.39 is 0 Å². The number of hydrogen-bond donors (Lipinski definition) is 0. The minimum Gasteiger partial charge on any atom is -0.618 e. The van der Waals surface area contributed by atoms with E-state index in [1.807, 2.05) is 0 Å². The number of pyridine rings is 2. The summed E-state index contributed by atoms with van der Waals surface area (Å²) in [5, 5.41) is 49.5. The van der Waals surface area contributed by atoms with Crippen LogP contribution >= 0.6 is 0 Å². The van der Waals surface area contributed by atoms with E-state index in [-0.39, 0.29) is 50.6 Å². The van der Waals surface area contributed by atoms with Crippen molar-refractivity contribution < 1.29 is 48.4 Å². The molecule has 0 bridgehead atoms. The molecule has 0 amide bonds. The minimum atomic E-state index is 0. The monoisotopic (exact) mass is 453 g/mol. The van der Waals surface area contributed by atoms with E-state index in [9.17, 15) is 10.4 Å². The second-order valence-corrected chi connectivity index (χ2v) is 4.23. The summed E-state index contributed by atoms with van der Waals surface area (Å²) in [7, 11) is 0. The first-order valence-corrected chi connectivity index (χ1v) is 6.50. The molecule has 0 fully saturated rings. The van der Waals surface area contributed by atoms with Crippen molar-refractivity contribution in [3.8, 4) is 23.0 Å². The van der Waals surface area contributed by atoms with Gasteiger partial charge in [-0.2, -0.15) is 14.7 Å². The van der Waals surface area contributed by atoms with Gasteiger partial charge in [-0.1, -0.05) is 0 Å². The third-order valence-corrected chi connectivity index (χ3v) is 2.74. The number of nitrogens with zero attached hydrogens (tertiary/aromatic N) is 10. The summed E-state index contributed by atoms with van der Waals surface area (Å²) in [6.45, 7) is 0. The van der Waals surface area contributed by atoms with Gasteiger partial charge in [0.2, 0.25) is 11.4 Å². The first-order chi connectivity index (χ1) is 11.8. The summed E-state index contributed by atoms with van der Waals surface area (Å²) in [4.78, 5) is 0. The average Bonchev–Trinajstić information content (AvgIpc) is 3.30. The average molecular weight is 453 g/mol. The Morgan fingerprint density at radius 3 is 1.83 bits per heavy atom. The molecule has 157 valence electrons. The SMILES string of the molecule is O.O.[Mn+2].[O-][n+]1ccccc1-c1nn[n-]n1.[O-][n+]1ccccc1-c1nnn[n-]1.[OH3+].[OH3+]. The molecule has 0 saturated heterocycles. The fourth-order valence-corrected chi connectivity index (χ4v) is 1.70. The van der Waals surface area contributed by atoms with Gasteiger partial charge in [-0.05, 0) is 12.1 Å². The minimum absolute atomic E-state index is 0. The quantitative estimate of drug-likeness (QED) is 0.120. The summed E-state index contributed by atoms with van der Waals surface area (Å²) in [5.41, 5.74) is 0.699. The molecule has 16 nitrogen and oxygen atoms in total. The summed E-state index contributed by atoms with van der Waals surface area (Å²) in [5.74, 6) is 0.483. The van der Waals surface area contributed by atoms with Crippen LogP contribution in [0.25, 0.3) is 23.0 Å². The number of aromatic nitrogens is 10. The van der Waals surface area contributed by atoms with E-state index in [1.165, 1.54) is 12.4 Å². The Balaban J connectivity index is -0.000000398. The molecule has 17 heteroatoms. The molecule has 10 N–H and O–H groups in total. The van der Waals surface area contributed by atoms with Crippen LogP contribution < -0.4 is 19.8 Å². The molecule has 1 radical (unpaired) electrons. The van der Waals surface area contributed by atoms with Crippen LogP contribution in [0.3, 0.4) is 0 Å². The molecule has 4 heterocycles. The molecule has 0 aliphatic rings. The molecule has 0 aromatic carbocycles. The molecule has 0 saturated carbocycles. The summed E-state index contributed by atoms with van der Waals surface area (Å²) < 4.78 is 1.33. The van der Waals surface area contributed by atoms with Gasteiger partial charge in [0.05, 0.1) is 0 Å². The van der Waals surface area contributed by atoms with Crippen molar-refractivity contribution in [2.45, 2.75) is 0 Å². The van der Waals surface area contributed by atoms with Crippen LogP contribution in [0.15, 0.2) is 48.8 Å². The predicted octanol–water partition coefficient (Wildman–Crippen LogP) is -5.24. The second kappa shape index (κ2) is 14.5. The van der Waals surface area contributed by atoms with Gasteiger partial charge in [-0.3, -0.25) is 20.7 Å². The molecule has 29 heavy (non-hydrogen) atoms. The molecule has 4 rings (SSSR count). The Kier molecular flexibility index (Phi) is 15.0. The molecule has 4 aromatic heterocycles. The Morgan fingerprint density at radius 2 is 1.38 bits per heavy atom. The van der Waals surface area contributed by atoms with Gasteiger partial charge in [0.1, 0.15) is 11.6 Å². The smallest absolute Gasteiger partial charge is 0.618 e. The molecule has 0 aliphatic heterocycles. The van der Waals surface area contributed by atoms with E-state index in [0.717, 1.165) is 0 Å². The maximum absolute atomic E-state index is 11.1. The van der Waals surface area contributed by atoms with Crippen molar-refractivity contribution in [1.82, 2.24) is 41.2 Å². The topological polar surface area (TPSA) is 288 Å². The van der Waals surface area contributed by atoms with Gasteiger partial charge in [0.15, 0.2) is 12.4 Å². The zero-order valence-corrected chi connectivity index (χ0v) is 15.6. The van der Waals surface area contributed by atoms with Crippen LogP contribution in [0.2, 0.25) is 0 Å². The van der Waals surface area contributed by atoms with E-state index in [2.05, 4.69) is 41.2 Å². The van der Waals surface area contributed by atoms with Gasteiger partial charge in [-0.25, -0.2) is 5.10 Å². The van der Waals surface area contributed by atoms with Crippen molar-refractivity contribution in [2.75, 3.05) is 0 Å². The number of rotatable bonds is 2. The van der Waals surface area contributed by atoms with E-state index in [4.69, 9.17) is 0 Å². The van der Waals surface area contributed by atoms with Gasteiger partial charge in [-0.15, -0.1) is 0 Å². The van der Waals surface area contributed by atoms with Crippen molar-refractivity contribution in [3.63, 3.8) is 0 Å². The molecular weight excluding hydrogens is 435 g/mol. The van der Waals surface area contributed by atoms with Crippen LogP contribution in [-0.2, 0) is 28.0 Å².